The predicted molar refractivity (Wildman–Crippen MR) is 119 cm³/mol. The van der Waals surface area contributed by atoms with Gasteiger partial charge in [0, 0.05) is 17.1 Å². The fraction of sp³-hybridized carbons (Fsp3) is 0.130. The molecule has 0 radical (unpaired) electrons. The number of halogens is 2. The number of rotatable bonds is 4. The Hall–Kier alpha value is -3.92. The lowest BCUT2D eigenvalue weighted by atomic mass is 10.1. The minimum absolute atomic E-state index is 0.0255. The number of aromatic nitrogens is 5. The first-order valence-corrected chi connectivity index (χ1v) is 10.9. The summed E-state index contributed by atoms with van der Waals surface area (Å²) in [4.78, 5) is 14.8. The molecule has 0 unspecified atom stereocenters. The number of thiophene rings is 1. The zero-order chi connectivity index (χ0) is 22.7. The maximum absolute atomic E-state index is 13.8. The van der Waals surface area contributed by atoms with Crippen LogP contribution in [-0.4, -0.2) is 24.6 Å². The van der Waals surface area contributed by atoms with E-state index in [-0.39, 0.29) is 12.4 Å². The van der Waals surface area contributed by atoms with Crippen molar-refractivity contribution in [2.45, 2.75) is 20.5 Å². The molecule has 6 aromatic rings. The summed E-state index contributed by atoms with van der Waals surface area (Å²) in [5.41, 5.74) is 3.59. The van der Waals surface area contributed by atoms with Crippen LogP contribution in [0, 0.1) is 25.5 Å². The largest absolute Gasteiger partial charge is 0.483 e. The zero-order valence-electron chi connectivity index (χ0n) is 17.5. The molecule has 0 atom stereocenters. The van der Waals surface area contributed by atoms with Crippen molar-refractivity contribution in [2.75, 3.05) is 0 Å². The van der Waals surface area contributed by atoms with E-state index >= 15 is 0 Å². The number of furan rings is 1. The standard InChI is InChI=1S/C23H15F2N5O2S/c1-11-7-12(2)27-23-18(11)19-20(33-23)22-28-21(29-30(22)10-26-19)17-6-4-14(32-17)9-31-16-5-3-13(24)8-15(16)25/h3-8,10H,9H2,1-2H3. The minimum Gasteiger partial charge on any atom is -0.483 e. The predicted octanol–water partition coefficient (Wildman–Crippen LogP) is 5.62. The molecule has 0 aliphatic carbocycles. The van der Waals surface area contributed by atoms with Crippen molar-refractivity contribution in [3.05, 3.63) is 71.4 Å². The van der Waals surface area contributed by atoms with E-state index in [9.17, 15) is 8.78 Å². The van der Waals surface area contributed by atoms with Gasteiger partial charge < -0.3 is 9.15 Å². The summed E-state index contributed by atoms with van der Waals surface area (Å²) in [6, 6.07) is 8.60. The third-order valence-corrected chi connectivity index (χ3v) is 6.31. The number of hydrogen-bond acceptors (Lipinski definition) is 7. The molecule has 0 fully saturated rings. The summed E-state index contributed by atoms with van der Waals surface area (Å²) >= 11 is 1.53. The first-order chi connectivity index (χ1) is 16.0. The number of aryl methyl sites for hydroxylation is 2. The van der Waals surface area contributed by atoms with E-state index in [1.54, 1.807) is 23.0 Å². The number of nitrogens with zero attached hydrogens (tertiary/aromatic N) is 5. The van der Waals surface area contributed by atoms with Crippen molar-refractivity contribution in [3.63, 3.8) is 0 Å². The maximum Gasteiger partial charge on any atom is 0.218 e. The Balaban J connectivity index is 1.34. The zero-order valence-corrected chi connectivity index (χ0v) is 18.3. The van der Waals surface area contributed by atoms with Gasteiger partial charge in [0.25, 0.3) is 0 Å². The Labute approximate surface area is 189 Å². The van der Waals surface area contributed by atoms with Crippen molar-refractivity contribution < 1.29 is 17.9 Å². The third kappa shape index (κ3) is 3.30. The molecule has 0 amide bonds. The van der Waals surface area contributed by atoms with Gasteiger partial charge in [0.1, 0.15) is 34.0 Å². The van der Waals surface area contributed by atoms with E-state index in [0.717, 1.165) is 43.8 Å². The fourth-order valence-corrected chi connectivity index (χ4v) is 5.01. The average Bonchev–Trinajstić information content (AvgIpc) is 3.48. The molecule has 1 aromatic carbocycles. The summed E-state index contributed by atoms with van der Waals surface area (Å²) in [5, 5.41) is 5.52. The second-order valence-electron chi connectivity index (χ2n) is 7.62. The molecular formula is C23H15F2N5O2S. The summed E-state index contributed by atoms with van der Waals surface area (Å²) in [6.45, 7) is 3.99. The Morgan fingerprint density at radius 1 is 1.09 bits per heavy atom. The van der Waals surface area contributed by atoms with Gasteiger partial charge in [-0.15, -0.1) is 16.4 Å². The highest BCUT2D eigenvalue weighted by atomic mass is 32.1. The highest BCUT2D eigenvalue weighted by Crippen LogP contribution is 2.36. The lowest BCUT2D eigenvalue weighted by Gasteiger charge is -2.05. The lowest BCUT2D eigenvalue weighted by molar-refractivity contribution is 0.259. The molecule has 164 valence electrons. The third-order valence-electron chi connectivity index (χ3n) is 5.24. The van der Waals surface area contributed by atoms with Crippen LogP contribution < -0.4 is 4.74 Å². The van der Waals surface area contributed by atoms with Crippen LogP contribution in [0.15, 0.2) is 47.1 Å². The second-order valence-corrected chi connectivity index (χ2v) is 8.62. The molecule has 0 aliphatic heterocycles. The number of pyridine rings is 1. The Morgan fingerprint density at radius 2 is 1.97 bits per heavy atom. The smallest absolute Gasteiger partial charge is 0.218 e. The van der Waals surface area contributed by atoms with Gasteiger partial charge in [-0.05, 0) is 49.7 Å². The maximum atomic E-state index is 13.8. The second kappa shape index (κ2) is 7.31. The van der Waals surface area contributed by atoms with Gasteiger partial charge in [0.15, 0.2) is 23.0 Å². The summed E-state index contributed by atoms with van der Waals surface area (Å²) in [6.07, 6.45) is 1.63. The van der Waals surface area contributed by atoms with Crippen LogP contribution in [0.2, 0.25) is 0 Å². The van der Waals surface area contributed by atoms with Crippen LogP contribution in [0.5, 0.6) is 5.75 Å². The summed E-state index contributed by atoms with van der Waals surface area (Å²) in [5.74, 6) is -0.214. The number of benzene rings is 1. The number of ether oxygens (including phenoxy) is 1. The SMILES string of the molecule is Cc1cc(C)c2c(n1)sc1c2ncn2nc(-c3ccc(COc4ccc(F)cc4F)o3)nc12. The average molecular weight is 463 g/mol. The van der Waals surface area contributed by atoms with Crippen LogP contribution in [-0.2, 0) is 6.61 Å². The topological polar surface area (TPSA) is 78.3 Å². The highest BCUT2D eigenvalue weighted by Gasteiger charge is 2.18. The van der Waals surface area contributed by atoms with Gasteiger partial charge >= 0.3 is 0 Å². The molecule has 0 saturated heterocycles. The molecule has 5 aromatic heterocycles. The van der Waals surface area contributed by atoms with Gasteiger partial charge in [-0.3, -0.25) is 0 Å². The quantitative estimate of drug-likeness (QED) is 0.338. The Morgan fingerprint density at radius 3 is 2.82 bits per heavy atom. The molecule has 0 aliphatic rings. The van der Waals surface area contributed by atoms with Gasteiger partial charge in [-0.25, -0.2) is 28.2 Å². The molecule has 6 rings (SSSR count). The van der Waals surface area contributed by atoms with Crippen molar-refractivity contribution in [2.24, 2.45) is 0 Å². The van der Waals surface area contributed by atoms with Gasteiger partial charge in [-0.2, -0.15) is 0 Å². The van der Waals surface area contributed by atoms with E-state index in [0.29, 0.717) is 23.0 Å². The highest BCUT2D eigenvalue weighted by molar-refractivity contribution is 7.26. The monoisotopic (exact) mass is 463 g/mol. The number of fused-ring (bicyclic) bond motifs is 5. The fourth-order valence-electron chi connectivity index (χ4n) is 3.79. The molecular weight excluding hydrogens is 448 g/mol. The molecule has 0 spiro atoms. The molecule has 0 saturated carbocycles. The van der Waals surface area contributed by atoms with Crippen molar-refractivity contribution in [1.29, 1.82) is 0 Å². The van der Waals surface area contributed by atoms with E-state index in [1.165, 1.54) is 17.4 Å². The van der Waals surface area contributed by atoms with E-state index in [1.807, 2.05) is 13.0 Å². The molecule has 5 heterocycles. The number of hydrogen-bond donors (Lipinski definition) is 0. The molecule has 10 heteroatoms. The Bertz CT molecular complexity index is 1690. The van der Waals surface area contributed by atoms with Gasteiger partial charge in [-0.1, -0.05) is 0 Å². The molecule has 0 N–H and O–H groups in total. The van der Waals surface area contributed by atoms with E-state index in [4.69, 9.17) is 9.15 Å². The van der Waals surface area contributed by atoms with Crippen molar-refractivity contribution in [3.8, 4) is 17.3 Å². The van der Waals surface area contributed by atoms with Crippen molar-refractivity contribution >= 4 is 37.4 Å². The van der Waals surface area contributed by atoms with Gasteiger partial charge in [0.05, 0.1) is 5.52 Å². The van der Waals surface area contributed by atoms with E-state index in [2.05, 4.69) is 27.0 Å². The van der Waals surface area contributed by atoms with Crippen LogP contribution in [0.4, 0.5) is 8.78 Å². The van der Waals surface area contributed by atoms with Crippen LogP contribution >= 0.6 is 11.3 Å². The molecule has 0 bridgehead atoms. The van der Waals surface area contributed by atoms with Crippen LogP contribution in [0.1, 0.15) is 17.0 Å². The first-order valence-electron chi connectivity index (χ1n) is 10.0. The summed E-state index contributed by atoms with van der Waals surface area (Å²) < 4.78 is 40.5. The van der Waals surface area contributed by atoms with Crippen molar-refractivity contribution in [1.82, 2.24) is 24.6 Å². The Kier molecular flexibility index (Phi) is 4.37. The van der Waals surface area contributed by atoms with Crippen LogP contribution in [0.25, 0.3) is 37.7 Å². The minimum atomic E-state index is -0.774. The summed E-state index contributed by atoms with van der Waals surface area (Å²) in [7, 11) is 0. The van der Waals surface area contributed by atoms with Gasteiger partial charge in [0.2, 0.25) is 5.82 Å². The first kappa shape index (κ1) is 19.7. The normalized spacial score (nSPS) is 11.8. The molecule has 33 heavy (non-hydrogen) atoms. The molecule has 7 nitrogen and oxygen atoms in total. The lowest BCUT2D eigenvalue weighted by Crippen LogP contribution is -1.96. The van der Waals surface area contributed by atoms with Crippen LogP contribution in [0.3, 0.4) is 0 Å². The van der Waals surface area contributed by atoms with E-state index < -0.39 is 11.6 Å².